The van der Waals surface area contributed by atoms with Crippen molar-refractivity contribution in [3.8, 4) is 0 Å². The highest BCUT2D eigenvalue weighted by Gasteiger charge is 2.31. The Morgan fingerprint density at radius 1 is 0.947 bits per heavy atom. The summed E-state index contributed by atoms with van der Waals surface area (Å²) in [4.78, 5) is 5.43. The smallest absolute Gasteiger partial charge is 0.0223 e. The molecule has 1 unspecified atom stereocenters. The summed E-state index contributed by atoms with van der Waals surface area (Å²) in [5.74, 6) is 0. The number of hydrogen-bond acceptors (Lipinski definition) is 3. The first-order valence-electron chi connectivity index (χ1n) is 8.51. The van der Waals surface area contributed by atoms with Gasteiger partial charge in [0.1, 0.15) is 0 Å². The van der Waals surface area contributed by atoms with Gasteiger partial charge in [-0.25, -0.2) is 0 Å². The number of fused-ring (bicyclic) bond motifs is 1. The van der Waals surface area contributed by atoms with E-state index < -0.39 is 0 Å². The van der Waals surface area contributed by atoms with Crippen LogP contribution >= 0.6 is 0 Å². The zero-order chi connectivity index (χ0) is 13.1. The van der Waals surface area contributed by atoms with Crippen molar-refractivity contribution < 1.29 is 0 Å². The summed E-state index contributed by atoms with van der Waals surface area (Å²) in [5, 5.41) is 0. The van der Waals surface area contributed by atoms with Gasteiger partial charge < -0.3 is 10.6 Å². The van der Waals surface area contributed by atoms with Crippen LogP contribution in [0.4, 0.5) is 0 Å². The molecule has 0 spiro atoms. The van der Waals surface area contributed by atoms with Crippen LogP contribution in [0.5, 0.6) is 0 Å². The molecule has 1 aliphatic carbocycles. The number of nitrogens with two attached hydrogens (primary N) is 1. The van der Waals surface area contributed by atoms with E-state index in [4.69, 9.17) is 5.73 Å². The largest absolute Gasteiger partial charge is 0.325 e. The van der Waals surface area contributed by atoms with E-state index in [1.165, 1.54) is 90.5 Å². The molecule has 2 heterocycles. The standard InChI is InChI=1S/C16H31N3/c17-16(7-2-1-3-8-16)9-13-18-10-5-12-19-11-4-6-15(19)14-18/h15H,1-14,17H2. The van der Waals surface area contributed by atoms with Crippen LogP contribution < -0.4 is 5.73 Å². The van der Waals surface area contributed by atoms with Crippen LogP contribution in [0.25, 0.3) is 0 Å². The molecule has 0 aromatic carbocycles. The van der Waals surface area contributed by atoms with Crippen LogP contribution in [0.15, 0.2) is 0 Å². The summed E-state index contributed by atoms with van der Waals surface area (Å²) < 4.78 is 0. The molecule has 19 heavy (non-hydrogen) atoms. The molecule has 2 N–H and O–H groups in total. The fourth-order valence-electron chi connectivity index (χ4n) is 4.37. The predicted octanol–water partition coefficient (Wildman–Crippen LogP) is 2.21. The lowest BCUT2D eigenvalue weighted by atomic mass is 9.80. The quantitative estimate of drug-likeness (QED) is 0.849. The molecule has 3 fully saturated rings. The lowest BCUT2D eigenvalue weighted by Gasteiger charge is -2.35. The minimum Gasteiger partial charge on any atom is -0.325 e. The van der Waals surface area contributed by atoms with Crippen LogP contribution in [0.1, 0.15) is 57.8 Å². The fourth-order valence-corrected chi connectivity index (χ4v) is 4.37. The lowest BCUT2D eigenvalue weighted by Crippen LogP contribution is -2.45. The minimum atomic E-state index is 0.167. The number of hydrogen-bond donors (Lipinski definition) is 1. The third-order valence-corrected chi connectivity index (χ3v) is 5.66. The van der Waals surface area contributed by atoms with Gasteiger partial charge >= 0.3 is 0 Å². The highest BCUT2D eigenvalue weighted by atomic mass is 15.3. The first kappa shape index (κ1) is 13.8. The van der Waals surface area contributed by atoms with Crippen LogP contribution in [0.3, 0.4) is 0 Å². The van der Waals surface area contributed by atoms with Gasteiger partial charge in [-0.1, -0.05) is 19.3 Å². The molecule has 110 valence electrons. The van der Waals surface area contributed by atoms with E-state index in [0.717, 1.165) is 6.04 Å². The Labute approximate surface area is 118 Å². The molecule has 0 aromatic rings. The van der Waals surface area contributed by atoms with Crippen molar-refractivity contribution in [1.29, 1.82) is 0 Å². The first-order valence-corrected chi connectivity index (χ1v) is 8.51. The molecule has 0 amide bonds. The summed E-state index contributed by atoms with van der Waals surface area (Å²) in [7, 11) is 0. The fraction of sp³-hybridized carbons (Fsp3) is 1.00. The van der Waals surface area contributed by atoms with Crippen molar-refractivity contribution in [2.24, 2.45) is 5.73 Å². The Bertz CT molecular complexity index is 286. The van der Waals surface area contributed by atoms with E-state index in [2.05, 4.69) is 9.80 Å². The van der Waals surface area contributed by atoms with Crippen molar-refractivity contribution in [1.82, 2.24) is 9.80 Å². The molecule has 2 aliphatic heterocycles. The van der Waals surface area contributed by atoms with E-state index in [0.29, 0.717) is 0 Å². The first-order chi connectivity index (χ1) is 9.25. The maximum absolute atomic E-state index is 6.59. The Hall–Kier alpha value is -0.120. The van der Waals surface area contributed by atoms with Crippen LogP contribution in [-0.2, 0) is 0 Å². The third-order valence-electron chi connectivity index (χ3n) is 5.66. The van der Waals surface area contributed by atoms with Crippen molar-refractivity contribution >= 4 is 0 Å². The normalized spacial score (nSPS) is 33.0. The van der Waals surface area contributed by atoms with Gasteiger partial charge in [-0.3, -0.25) is 4.90 Å². The van der Waals surface area contributed by atoms with E-state index in [-0.39, 0.29) is 5.54 Å². The van der Waals surface area contributed by atoms with Gasteiger partial charge in [0, 0.05) is 18.1 Å². The lowest BCUT2D eigenvalue weighted by molar-refractivity contribution is 0.189. The highest BCUT2D eigenvalue weighted by Crippen LogP contribution is 2.29. The summed E-state index contributed by atoms with van der Waals surface area (Å²) in [6.45, 7) is 6.51. The number of rotatable bonds is 3. The van der Waals surface area contributed by atoms with Crippen molar-refractivity contribution in [2.75, 3.05) is 32.7 Å². The maximum atomic E-state index is 6.59. The Morgan fingerprint density at radius 2 is 1.74 bits per heavy atom. The van der Waals surface area contributed by atoms with Gasteiger partial charge in [0.2, 0.25) is 0 Å². The van der Waals surface area contributed by atoms with E-state index >= 15 is 0 Å². The van der Waals surface area contributed by atoms with Gasteiger partial charge in [-0.05, 0) is 64.7 Å². The molecule has 3 rings (SSSR count). The van der Waals surface area contributed by atoms with Crippen molar-refractivity contribution in [3.63, 3.8) is 0 Å². The maximum Gasteiger partial charge on any atom is 0.0223 e. The zero-order valence-electron chi connectivity index (χ0n) is 12.4. The third kappa shape index (κ3) is 3.50. The highest BCUT2D eigenvalue weighted by molar-refractivity contribution is 4.90. The molecular weight excluding hydrogens is 234 g/mol. The van der Waals surface area contributed by atoms with Gasteiger partial charge in [0.25, 0.3) is 0 Å². The monoisotopic (exact) mass is 265 g/mol. The van der Waals surface area contributed by atoms with Gasteiger partial charge in [0.05, 0.1) is 0 Å². The molecule has 3 nitrogen and oxygen atoms in total. The average molecular weight is 265 g/mol. The summed E-state index contributed by atoms with van der Waals surface area (Å²) in [6, 6.07) is 0.850. The van der Waals surface area contributed by atoms with E-state index in [1.807, 2.05) is 0 Å². The van der Waals surface area contributed by atoms with Crippen LogP contribution in [-0.4, -0.2) is 54.1 Å². The molecule has 1 saturated carbocycles. The molecule has 3 heteroatoms. The molecule has 0 aromatic heterocycles. The van der Waals surface area contributed by atoms with Gasteiger partial charge in [0.15, 0.2) is 0 Å². The predicted molar refractivity (Wildman–Crippen MR) is 80.3 cm³/mol. The van der Waals surface area contributed by atoms with Crippen molar-refractivity contribution in [3.05, 3.63) is 0 Å². The zero-order valence-corrected chi connectivity index (χ0v) is 12.4. The number of nitrogens with zero attached hydrogens (tertiary/aromatic N) is 2. The molecule has 1 atom stereocenters. The SMILES string of the molecule is NC1(CCN2CCCN3CCCC3C2)CCCCC1. The molecule has 2 saturated heterocycles. The summed E-state index contributed by atoms with van der Waals surface area (Å²) in [6.07, 6.45) is 12.0. The van der Waals surface area contributed by atoms with E-state index in [1.54, 1.807) is 0 Å². The molecular formula is C16H31N3. The van der Waals surface area contributed by atoms with Crippen LogP contribution in [0, 0.1) is 0 Å². The Balaban J connectivity index is 1.49. The Kier molecular flexibility index (Phi) is 4.45. The van der Waals surface area contributed by atoms with Gasteiger partial charge in [-0.2, -0.15) is 0 Å². The van der Waals surface area contributed by atoms with Gasteiger partial charge in [-0.15, -0.1) is 0 Å². The second-order valence-electron chi connectivity index (χ2n) is 7.16. The summed E-state index contributed by atoms with van der Waals surface area (Å²) >= 11 is 0. The van der Waals surface area contributed by atoms with E-state index in [9.17, 15) is 0 Å². The minimum absolute atomic E-state index is 0.167. The second kappa shape index (κ2) is 6.11. The molecule has 0 bridgehead atoms. The Morgan fingerprint density at radius 3 is 2.58 bits per heavy atom. The average Bonchev–Trinajstić information content (AvgIpc) is 2.76. The second-order valence-corrected chi connectivity index (χ2v) is 7.16. The summed E-state index contributed by atoms with van der Waals surface area (Å²) in [5.41, 5.74) is 6.75. The van der Waals surface area contributed by atoms with Crippen molar-refractivity contribution in [2.45, 2.75) is 69.4 Å². The molecule has 3 aliphatic rings. The topological polar surface area (TPSA) is 32.5 Å². The van der Waals surface area contributed by atoms with Crippen LogP contribution in [0.2, 0.25) is 0 Å². The molecule has 0 radical (unpaired) electrons.